The summed E-state index contributed by atoms with van der Waals surface area (Å²) in [6.45, 7) is 2.03. The molecule has 0 aliphatic rings. The third kappa shape index (κ3) is 3.06. The molecule has 0 spiro atoms. The van der Waals surface area contributed by atoms with E-state index in [0.717, 1.165) is 12.0 Å². The van der Waals surface area contributed by atoms with E-state index in [2.05, 4.69) is 10.3 Å². The van der Waals surface area contributed by atoms with E-state index < -0.39 is 5.97 Å². The van der Waals surface area contributed by atoms with Crippen molar-refractivity contribution in [2.24, 2.45) is 0 Å². The number of nitrogens with zero attached hydrogens (tertiary/aromatic N) is 1. The van der Waals surface area contributed by atoms with E-state index in [1.165, 1.54) is 12.3 Å². The van der Waals surface area contributed by atoms with E-state index in [4.69, 9.17) is 5.73 Å². The molecular weight excluding hydrogens is 254 g/mol. The first kappa shape index (κ1) is 13.9. The van der Waals surface area contributed by atoms with Gasteiger partial charge >= 0.3 is 5.97 Å². The summed E-state index contributed by atoms with van der Waals surface area (Å²) >= 11 is 0. The molecule has 0 amide bonds. The van der Waals surface area contributed by atoms with Gasteiger partial charge in [-0.05, 0) is 18.1 Å². The zero-order valence-corrected chi connectivity index (χ0v) is 11.2. The van der Waals surface area contributed by atoms with Crippen LogP contribution in [0.3, 0.4) is 0 Å². The Morgan fingerprint density at radius 3 is 2.70 bits per heavy atom. The van der Waals surface area contributed by atoms with Crippen LogP contribution in [0.5, 0.6) is 0 Å². The lowest BCUT2D eigenvalue weighted by molar-refractivity contribution is 0.0697. The molecular formula is C15H17N3O2. The van der Waals surface area contributed by atoms with E-state index in [9.17, 15) is 9.90 Å². The summed E-state index contributed by atoms with van der Waals surface area (Å²) in [5.74, 6) is -0.711. The highest BCUT2D eigenvalue weighted by atomic mass is 16.4. The van der Waals surface area contributed by atoms with Gasteiger partial charge in [0.05, 0.1) is 17.9 Å². The molecule has 1 unspecified atom stereocenters. The topological polar surface area (TPSA) is 88.2 Å². The molecule has 1 heterocycles. The van der Waals surface area contributed by atoms with Crippen molar-refractivity contribution in [2.45, 2.75) is 19.4 Å². The minimum atomic E-state index is -1.05. The van der Waals surface area contributed by atoms with Gasteiger partial charge in [-0.2, -0.15) is 0 Å². The standard InChI is InChI=1S/C15H17N3O2/c1-2-13(10-6-4-3-5-7-10)18-14-12(15(19)20)8-11(16)9-17-14/h3-9,13H,2,16H2,1H3,(H,17,18)(H,19,20). The number of aromatic nitrogens is 1. The van der Waals surface area contributed by atoms with Gasteiger partial charge < -0.3 is 16.2 Å². The fraction of sp³-hybridized carbons (Fsp3) is 0.200. The van der Waals surface area contributed by atoms with Crippen molar-refractivity contribution in [1.82, 2.24) is 4.98 Å². The molecule has 5 nitrogen and oxygen atoms in total. The Labute approximate surface area is 117 Å². The predicted molar refractivity (Wildman–Crippen MR) is 78.7 cm³/mol. The van der Waals surface area contributed by atoms with Gasteiger partial charge in [0.15, 0.2) is 0 Å². The van der Waals surface area contributed by atoms with Gasteiger partial charge in [-0.15, -0.1) is 0 Å². The summed E-state index contributed by atoms with van der Waals surface area (Å²) in [7, 11) is 0. The fourth-order valence-corrected chi connectivity index (χ4v) is 2.03. The largest absolute Gasteiger partial charge is 0.478 e. The van der Waals surface area contributed by atoms with Gasteiger partial charge in [0.1, 0.15) is 11.4 Å². The quantitative estimate of drug-likeness (QED) is 0.778. The summed E-state index contributed by atoms with van der Waals surface area (Å²) in [6.07, 6.45) is 2.27. The summed E-state index contributed by atoms with van der Waals surface area (Å²) in [5.41, 5.74) is 7.09. The van der Waals surface area contributed by atoms with Crippen molar-refractivity contribution in [3.05, 3.63) is 53.7 Å². The second-order valence-electron chi connectivity index (χ2n) is 4.49. The van der Waals surface area contributed by atoms with Crippen molar-refractivity contribution in [3.8, 4) is 0 Å². The molecule has 0 radical (unpaired) electrons. The van der Waals surface area contributed by atoms with E-state index in [0.29, 0.717) is 11.5 Å². The predicted octanol–water partition coefficient (Wildman–Crippen LogP) is 2.93. The van der Waals surface area contributed by atoms with Crippen molar-refractivity contribution in [3.63, 3.8) is 0 Å². The highest BCUT2D eigenvalue weighted by Crippen LogP contribution is 2.24. The summed E-state index contributed by atoms with van der Waals surface area (Å²) in [5, 5.41) is 12.4. The molecule has 0 saturated carbocycles. The Morgan fingerprint density at radius 1 is 1.40 bits per heavy atom. The Balaban J connectivity index is 2.31. The zero-order valence-electron chi connectivity index (χ0n) is 11.2. The number of hydrogen-bond acceptors (Lipinski definition) is 4. The normalized spacial score (nSPS) is 11.8. The lowest BCUT2D eigenvalue weighted by Gasteiger charge is -2.19. The molecule has 0 saturated heterocycles. The van der Waals surface area contributed by atoms with Gasteiger partial charge in [0, 0.05) is 0 Å². The lowest BCUT2D eigenvalue weighted by atomic mass is 10.0. The highest BCUT2D eigenvalue weighted by Gasteiger charge is 2.16. The van der Waals surface area contributed by atoms with Crippen molar-refractivity contribution in [1.29, 1.82) is 0 Å². The Kier molecular flexibility index (Phi) is 4.20. The smallest absolute Gasteiger partial charge is 0.339 e. The molecule has 20 heavy (non-hydrogen) atoms. The molecule has 0 aliphatic heterocycles. The Morgan fingerprint density at radius 2 is 2.10 bits per heavy atom. The van der Waals surface area contributed by atoms with Crippen LogP contribution in [-0.2, 0) is 0 Å². The number of nitrogens with one attached hydrogen (secondary N) is 1. The Hall–Kier alpha value is -2.56. The number of nitrogens with two attached hydrogens (primary N) is 1. The molecule has 104 valence electrons. The molecule has 1 atom stereocenters. The Bertz CT molecular complexity index is 599. The molecule has 4 N–H and O–H groups in total. The third-order valence-electron chi connectivity index (χ3n) is 3.06. The first-order valence-electron chi connectivity index (χ1n) is 6.42. The second kappa shape index (κ2) is 6.06. The molecule has 2 aromatic rings. The molecule has 0 aliphatic carbocycles. The number of hydrogen-bond donors (Lipinski definition) is 3. The molecule has 1 aromatic carbocycles. The minimum absolute atomic E-state index is 0.00502. The number of nitrogen functional groups attached to an aromatic ring is 1. The van der Waals surface area contributed by atoms with Crippen LogP contribution < -0.4 is 11.1 Å². The number of rotatable bonds is 5. The van der Waals surface area contributed by atoms with Crippen LogP contribution in [0.25, 0.3) is 0 Å². The van der Waals surface area contributed by atoms with Gasteiger partial charge in [-0.1, -0.05) is 37.3 Å². The van der Waals surface area contributed by atoms with Crippen LogP contribution in [0, 0.1) is 0 Å². The summed E-state index contributed by atoms with van der Waals surface area (Å²) in [6, 6.07) is 11.3. The van der Waals surface area contributed by atoms with Crippen LogP contribution in [0.15, 0.2) is 42.6 Å². The van der Waals surface area contributed by atoms with Crippen LogP contribution in [0.2, 0.25) is 0 Å². The first-order valence-corrected chi connectivity index (χ1v) is 6.42. The van der Waals surface area contributed by atoms with Gasteiger partial charge in [0.25, 0.3) is 0 Å². The highest BCUT2D eigenvalue weighted by molar-refractivity contribution is 5.94. The maximum Gasteiger partial charge on any atom is 0.339 e. The van der Waals surface area contributed by atoms with E-state index in [1.807, 2.05) is 37.3 Å². The van der Waals surface area contributed by atoms with E-state index >= 15 is 0 Å². The SMILES string of the molecule is CCC(Nc1ncc(N)cc1C(=O)O)c1ccccc1. The van der Waals surface area contributed by atoms with Crippen molar-refractivity contribution >= 4 is 17.5 Å². The van der Waals surface area contributed by atoms with Crippen LogP contribution >= 0.6 is 0 Å². The fourth-order valence-electron chi connectivity index (χ4n) is 2.03. The molecule has 5 heteroatoms. The summed E-state index contributed by atoms with van der Waals surface area (Å²) < 4.78 is 0. The summed E-state index contributed by atoms with van der Waals surface area (Å²) in [4.78, 5) is 15.3. The molecule has 1 aromatic heterocycles. The van der Waals surface area contributed by atoms with Gasteiger partial charge in [-0.25, -0.2) is 9.78 Å². The number of carboxylic acids is 1. The average Bonchev–Trinajstić information content (AvgIpc) is 2.46. The first-order chi connectivity index (χ1) is 9.61. The van der Waals surface area contributed by atoms with Gasteiger partial charge in [-0.3, -0.25) is 0 Å². The number of anilines is 2. The van der Waals surface area contributed by atoms with Crippen LogP contribution in [-0.4, -0.2) is 16.1 Å². The lowest BCUT2D eigenvalue weighted by Crippen LogP contribution is -2.14. The van der Waals surface area contributed by atoms with Crippen LogP contribution in [0.4, 0.5) is 11.5 Å². The van der Waals surface area contributed by atoms with Gasteiger partial charge in [0.2, 0.25) is 0 Å². The minimum Gasteiger partial charge on any atom is -0.478 e. The number of carbonyl (C=O) groups is 1. The molecule has 0 fully saturated rings. The third-order valence-corrected chi connectivity index (χ3v) is 3.06. The second-order valence-corrected chi connectivity index (χ2v) is 4.49. The maximum atomic E-state index is 11.2. The molecule has 2 rings (SSSR count). The maximum absolute atomic E-state index is 11.2. The van der Waals surface area contributed by atoms with Crippen molar-refractivity contribution < 1.29 is 9.90 Å². The van der Waals surface area contributed by atoms with E-state index in [-0.39, 0.29) is 11.6 Å². The number of aromatic carboxylic acids is 1. The monoisotopic (exact) mass is 271 g/mol. The van der Waals surface area contributed by atoms with Crippen molar-refractivity contribution in [2.75, 3.05) is 11.1 Å². The number of carboxylic acid groups (broad SMARTS) is 1. The van der Waals surface area contributed by atoms with Crippen LogP contribution in [0.1, 0.15) is 35.3 Å². The molecule has 0 bridgehead atoms. The number of benzene rings is 1. The number of pyridine rings is 1. The zero-order chi connectivity index (χ0) is 14.5. The average molecular weight is 271 g/mol. The van der Waals surface area contributed by atoms with E-state index in [1.54, 1.807) is 0 Å².